The standard InChI is InChI=1S/C17H23N3O/c1-14-12-18-20(13-14)11-10-17(21)19-15(2)8-9-16-6-4-3-5-7-16/h3-7,12-13,15H,8-11H2,1-2H3,(H,19,21). The maximum Gasteiger partial charge on any atom is 0.222 e. The van der Waals surface area contributed by atoms with Crippen LogP contribution in [-0.2, 0) is 17.8 Å². The first-order valence-electron chi connectivity index (χ1n) is 7.46. The van der Waals surface area contributed by atoms with Gasteiger partial charge in [-0.2, -0.15) is 5.10 Å². The second-order valence-corrected chi connectivity index (χ2v) is 5.52. The van der Waals surface area contributed by atoms with Gasteiger partial charge in [-0.05, 0) is 37.8 Å². The second kappa shape index (κ2) is 7.62. The van der Waals surface area contributed by atoms with Crippen LogP contribution in [0.1, 0.15) is 30.9 Å². The third-order valence-corrected chi connectivity index (χ3v) is 3.45. The smallest absolute Gasteiger partial charge is 0.222 e. The van der Waals surface area contributed by atoms with E-state index in [4.69, 9.17) is 0 Å². The fraction of sp³-hybridized carbons (Fsp3) is 0.412. The van der Waals surface area contributed by atoms with E-state index in [2.05, 4.69) is 29.5 Å². The fourth-order valence-corrected chi connectivity index (χ4v) is 2.25. The molecular weight excluding hydrogens is 262 g/mol. The van der Waals surface area contributed by atoms with Crippen molar-refractivity contribution in [2.45, 2.75) is 45.7 Å². The average molecular weight is 285 g/mol. The van der Waals surface area contributed by atoms with E-state index in [-0.39, 0.29) is 11.9 Å². The molecular formula is C17H23N3O. The first-order chi connectivity index (χ1) is 10.1. The molecule has 0 aliphatic rings. The number of nitrogens with one attached hydrogen (secondary N) is 1. The van der Waals surface area contributed by atoms with E-state index >= 15 is 0 Å². The summed E-state index contributed by atoms with van der Waals surface area (Å²) >= 11 is 0. The Bertz CT molecular complexity index is 562. The third-order valence-electron chi connectivity index (χ3n) is 3.45. The van der Waals surface area contributed by atoms with Crippen molar-refractivity contribution in [2.75, 3.05) is 0 Å². The molecule has 0 aliphatic heterocycles. The molecule has 2 rings (SSSR count). The van der Waals surface area contributed by atoms with Gasteiger partial charge in [0.05, 0.1) is 6.20 Å². The van der Waals surface area contributed by atoms with Crippen LogP contribution in [0, 0.1) is 6.92 Å². The normalized spacial score (nSPS) is 12.1. The zero-order valence-electron chi connectivity index (χ0n) is 12.7. The average Bonchev–Trinajstić information content (AvgIpc) is 2.90. The van der Waals surface area contributed by atoms with Crippen molar-refractivity contribution >= 4 is 5.91 Å². The van der Waals surface area contributed by atoms with Gasteiger partial charge in [0, 0.05) is 25.2 Å². The molecule has 4 nitrogen and oxygen atoms in total. The van der Waals surface area contributed by atoms with Crippen molar-refractivity contribution in [1.82, 2.24) is 15.1 Å². The number of carbonyl (C=O) groups excluding carboxylic acids is 1. The Balaban J connectivity index is 1.67. The van der Waals surface area contributed by atoms with Crippen molar-refractivity contribution in [3.8, 4) is 0 Å². The molecule has 1 atom stereocenters. The molecule has 0 aliphatic carbocycles. The van der Waals surface area contributed by atoms with Gasteiger partial charge in [0.1, 0.15) is 0 Å². The molecule has 112 valence electrons. The number of nitrogens with zero attached hydrogens (tertiary/aromatic N) is 2. The Labute approximate surface area is 126 Å². The Hall–Kier alpha value is -2.10. The lowest BCUT2D eigenvalue weighted by molar-refractivity contribution is -0.122. The molecule has 4 heteroatoms. The van der Waals surface area contributed by atoms with E-state index in [1.54, 1.807) is 6.20 Å². The molecule has 21 heavy (non-hydrogen) atoms. The van der Waals surface area contributed by atoms with Gasteiger partial charge in [-0.1, -0.05) is 30.3 Å². The first-order valence-corrected chi connectivity index (χ1v) is 7.46. The van der Waals surface area contributed by atoms with E-state index < -0.39 is 0 Å². The van der Waals surface area contributed by atoms with Crippen molar-refractivity contribution < 1.29 is 4.79 Å². The van der Waals surface area contributed by atoms with Gasteiger partial charge < -0.3 is 5.32 Å². The summed E-state index contributed by atoms with van der Waals surface area (Å²) in [5.74, 6) is 0.0868. The molecule has 0 saturated carbocycles. The van der Waals surface area contributed by atoms with Gasteiger partial charge >= 0.3 is 0 Å². The van der Waals surface area contributed by atoms with Crippen LogP contribution in [-0.4, -0.2) is 21.7 Å². The summed E-state index contributed by atoms with van der Waals surface area (Å²) in [5, 5.41) is 7.23. The van der Waals surface area contributed by atoms with Crippen molar-refractivity contribution in [3.63, 3.8) is 0 Å². The summed E-state index contributed by atoms with van der Waals surface area (Å²) in [6, 6.07) is 10.5. The van der Waals surface area contributed by atoms with Gasteiger partial charge in [-0.25, -0.2) is 0 Å². The predicted octanol–water partition coefficient (Wildman–Crippen LogP) is 2.72. The number of aromatic nitrogens is 2. The monoisotopic (exact) mass is 285 g/mol. The largest absolute Gasteiger partial charge is 0.354 e. The minimum absolute atomic E-state index is 0.0868. The number of aryl methyl sites for hydroxylation is 3. The van der Waals surface area contributed by atoms with Crippen LogP contribution in [0.4, 0.5) is 0 Å². The Morgan fingerprint density at radius 3 is 2.76 bits per heavy atom. The maximum atomic E-state index is 11.9. The quantitative estimate of drug-likeness (QED) is 0.850. The number of rotatable bonds is 7. The van der Waals surface area contributed by atoms with Gasteiger partial charge in [0.15, 0.2) is 0 Å². The van der Waals surface area contributed by atoms with E-state index in [1.807, 2.05) is 36.0 Å². The first kappa shape index (κ1) is 15.3. The van der Waals surface area contributed by atoms with E-state index in [0.717, 1.165) is 18.4 Å². The lowest BCUT2D eigenvalue weighted by Crippen LogP contribution is -2.33. The van der Waals surface area contributed by atoms with Gasteiger partial charge in [0.25, 0.3) is 0 Å². The third kappa shape index (κ3) is 5.42. The van der Waals surface area contributed by atoms with Gasteiger partial charge in [-0.15, -0.1) is 0 Å². The molecule has 1 amide bonds. The number of benzene rings is 1. The number of hydrogen-bond acceptors (Lipinski definition) is 2. The summed E-state index contributed by atoms with van der Waals surface area (Å²) < 4.78 is 1.81. The van der Waals surface area contributed by atoms with Crippen LogP contribution in [0.3, 0.4) is 0 Å². The molecule has 1 aromatic carbocycles. The molecule has 0 bridgehead atoms. The summed E-state index contributed by atoms with van der Waals surface area (Å²) in [6.07, 6.45) is 6.17. The summed E-state index contributed by atoms with van der Waals surface area (Å²) in [5.41, 5.74) is 2.43. The molecule has 0 saturated heterocycles. The number of hydrogen-bond donors (Lipinski definition) is 1. The zero-order valence-corrected chi connectivity index (χ0v) is 12.7. The summed E-state index contributed by atoms with van der Waals surface area (Å²) in [7, 11) is 0. The number of carbonyl (C=O) groups is 1. The van der Waals surface area contributed by atoms with Crippen LogP contribution in [0.15, 0.2) is 42.7 Å². The molecule has 2 aromatic rings. The topological polar surface area (TPSA) is 46.9 Å². The molecule has 0 fully saturated rings. The van der Waals surface area contributed by atoms with Gasteiger partial charge in [-0.3, -0.25) is 9.48 Å². The highest BCUT2D eigenvalue weighted by Gasteiger charge is 2.08. The molecule has 0 spiro atoms. The lowest BCUT2D eigenvalue weighted by atomic mass is 10.1. The van der Waals surface area contributed by atoms with Crippen molar-refractivity contribution in [3.05, 3.63) is 53.9 Å². The fourth-order valence-electron chi connectivity index (χ4n) is 2.25. The predicted molar refractivity (Wildman–Crippen MR) is 83.9 cm³/mol. The van der Waals surface area contributed by atoms with Gasteiger partial charge in [0.2, 0.25) is 5.91 Å². The van der Waals surface area contributed by atoms with Crippen LogP contribution >= 0.6 is 0 Å². The van der Waals surface area contributed by atoms with Crippen LogP contribution in [0.5, 0.6) is 0 Å². The molecule has 0 radical (unpaired) electrons. The Morgan fingerprint density at radius 1 is 1.33 bits per heavy atom. The number of amides is 1. The van der Waals surface area contributed by atoms with Crippen LogP contribution < -0.4 is 5.32 Å². The Morgan fingerprint density at radius 2 is 2.10 bits per heavy atom. The second-order valence-electron chi connectivity index (χ2n) is 5.52. The molecule has 1 unspecified atom stereocenters. The van der Waals surface area contributed by atoms with E-state index in [0.29, 0.717) is 13.0 Å². The molecule has 1 N–H and O–H groups in total. The molecule has 1 heterocycles. The highest BCUT2D eigenvalue weighted by molar-refractivity contribution is 5.76. The van der Waals surface area contributed by atoms with Crippen molar-refractivity contribution in [2.24, 2.45) is 0 Å². The maximum absolute atomic E-state index is 11.9. The summed E-state index contributed by atoms with van der Waals surface area (Å²) in [6.45, 7) is 4.68. The zero-order chi connectivity index (χ0) is 15.1. The minimum Gasteiger partial charge on any atom is -0.354 e. The Kier molecular flexibility index (Phi) is 5.55. The highest BCUT2D eigenvalue weighted by Crippen LogP contribution is 2.05. The molecule has 1 aromatic heterocycles. The lowest BCUT2D eigenvalue weighted by Gasteiger charge is -2.14. The highest BCUT2D eigenvalue weighted by atomic mass is 16.1. The van der Waals surface area contributed by atoms with Crippen LogP contribution in [0.25, 0.3) is 0 Å². The van der Waals surface area contributed by atoms with Crippen molar-refractivity contribution in [1.29, 1.82) is 0 Å². The van der Waals surface area contributed by atoms with E-state index in [1.165, 1.54) is 5.56 Å². The minimum atomic E-state index is 0.0868. The summed E-state index contributed by atoms with van der Waals surface area (Å²) in [4.78, 5) is 11.9. The SMILES string of the molecule is Cc1cnn(CCC(=O)NC(C)CCc2ccccc2)c1. The van der Waals surface area contributed by atoms with E-state index in [9.17, 15) is 4.79 Å². The van der Waals surface area contributed by atoms with Crippen LogP contribution in [0.2, 0.25) is 0 Å².